The number of aliphatic imine (C=N–C) groups is 1. The molecule has 154 valence electrons. The van der Waals surface area contributed by atoms with Gasteiger partial charge in [0.15, 0.2) is 17.6 Å². The summed E-state index contributed by atoms with van der Waals surface area (Å²) in [5.41, 5.74) is 2.08. The van der Waals surface area contributed by atoms with Crippen molar-refractivity contribution in [2.45, 2.75) is 19.0 Å². The van der Waals surface area contributed by atoms with Crippen LogP contribution in [-0.4, -0.2) is 46.7 Å². The van der Waals surface area contributed by atoms with Crippen LogP contribution in [0.4, 0.5) is 10.2 Å². The zero-order valence-corrected chi connectivity index (χ0v) is 18.8. The molecule has 1 fully saturated rings. The van der Waals surface area contributed by atoms with E-state index in [0.717, 1.165) is 29.8 Å². The molecule has 0 aliphatic carbocycles. The number of benzene rings is 1. The summed E-state index contributed by atoms with van der Waals surface area (Å²) in [6.07, 6.45) is 2.51. The van der Waals surface area contributed by atoms with Gasteiger partial charge in [-0.1, -0.05) is 12.1 Å². The number of nitrogens with one attached hydrogen (secondary N) is 2. The van der Waals surface area contributed by atoms with Crippen molar-refractivity contribution in [3.63, 3.8) is 0 Å². The average molecular weight is 509 g/mol. The van der Waals surface area contributed by atoms with Crippen LogP contribution >= 0.6 is 24.0 Å². The molecule has 3 aromatic rings. The second-order valence-corrected chi connectivity index (χ2v) is 6.89. The number of hydrogen-bond donors (Lipinski definition) is 2. The molecule has 1 atom stereocenters. The first-order valence-corrected chi connectivity index (χ1v) is 9.38. The van der Waals surface area contributed by atoms with Crippen LogP contribution in [0.3, 0.4) is 0 Å². The largest absolute Gasteiger partial charge is 0.352 e. The van der Waals surface area contributed by atoms with E-state index in [1.165, 1.54) is 6.07 Å². The van der Waals surface area contributed by atoms with E-state index in [9.17, 15) is 4.39 Å². The Kier molecular flexibility index (Phi) is 6.88. The van der Waals surface area contributed by atoms with Gasteiger partial charge in [-0.05, 0) is 30.7 Å². The molecule has 2 N–H and O–H groups in total. The summed E-state index contributed by atoms with van der Waals surface area (Å²) in [6, 6.07) is 11.3. The Hall–Kier alpha value is -2.43. The molecule has 1 saturated heterocycles. The van der Waals surface area contributed by atoms with E-state index < -0.39 is 0 Å². The standard InChI is InChI=1S/C20H24FN7.HI/c1-22-20(24-12-18-26-16-7-3-4-8-17(16)27(18)2)25-14-9-11-28(13-14)19-15(21)6-5-10-23-19;/h3-8,10,14H,9,11-13H2,1-2H3,(H2,22,24,25);1H. The molecule has 9 heteroatoms. The Bertz CT molecular complexity index is 1000. The highest BCUT2D eigenvalue weighted by molar-refractivity contribution is 14.0. The number of hydrogen-bond acceptors (Lipinski definition) is 4. The molecule has 1 aliphatic rings. The first-order valence-electron chi connectivity index (χ1n) is 9.38. The number of imidazole rings is 1. The number of nitrogens with zero attached hydrogens (tertiary/aromatic N) is 5. The van der Waals surface area contributed by atoms with Crippen molar-refractivity contribution in [1.82, 2.24) is 25.2 Å². The molecule has 0 bridgehead atoms. The molecular formula is C20H25FIN7. The third-order valence-corrected chi connectivity index (χ3v) is 5.09. The van der Waals surface area contributed by atoms with Gasteiger partial charge in [-0.15, -0.1) is 24.0 Å². The quantitative estimate of drug-likeness (QED) is 0.322. The van der Waals surface area contributed by atoms with Gasteiger partial charge in [0.1, 0.15) is 5.82 Å². The van der Waals surface area contributed by atoms with Crippen molar-refractivity contribution in [2.75, 3.05) is 25.0 Å². The number of aromatic nitrogens is 3. The Morgan fingerprint density at radius 2 is 2.10 bits per heavy atom. The van der Waals surface area contributed by atoms with Gasteiger partial charge in [0.25, 0.3) is 0 Å². The van der Waals surface area contributed by atoms with E-state index in [-0.39, 0.29) is 35.8 Å². The van der Waals surface area contributed by atoms with Crippen molar-refractivity contribution < 1.29 is 4.39 Å². The maximum atomic E-state index is 14.0. The molecule has 1 aliphatic heterocycles. The van der Waals surface area contributed by atoms with E-state index in [2.05, 4.69) is 36.2 Å². The first kappa shape index (κ1) is 21.3. The third kappa shape index (κ3) is 4.60. The lowest BCUT2D eigenvalue weighted by molar-refractivity contribution is 0.612. The second-order valence-electron chi connectivity index (χ2n) is 6.89. The molecule has 1 aromatic carbocycles. The monoisotopic (exact) mass is 509 g/mol. The number of halogens is 2. The van der Waals surface area contributed by atoms with Gasteiger partial charge in [0.2, 0.25) is 0 Å². The molecule has 29 heavy (non-hydrogen) atoms. The van der Waals surface area contributed by atoms with Gasteiger partial charge in [0.05, 0.1) is 17.6 Å². The minimum Gasteiger partial charge on any atom is -0.352 e. The summed E-state index contributed by atoms with van der Waals surface area (Å²) in [5.74, 6) is 1.77. The van der Waals surface area contributed by atoms with Crippen LogP contribution in [0, 0.1) is 5.82 Å². The number of aryl methyl sites for hydroxylation is 1. The Labute approximate surface area is 186 Å². The fraction of sp³-hybridized carbons (Fsp3) is 0.350. The minimum atomic E-state index is -0.285. The van der Waals surface area contributed by atoms with Crippen LogP contribution in [0.5, 0.6) is 0 Å². The fourth-order valence-corrected chi connectivity index (χ4v) is 3.58. The lowest BCUT2D eigenvalue weighted by Gasteiger charge is -2.19. The molecular weight excluding hydrogens is 484 g/mol. The molecule has 7 nitrogen and oxygen atoms in total. The predicted octanol–water partition coefficient (Wildman–Crippen LogP) is 2.67. The molecule has 3 heterocycles. The number of anilines is 1. The summed E-state index contributed by atoms with van der Waals surface area (Å²) in [7, 11) is 3.76. The number of fused-ring (bicyclic) bond motifs is 1. The summed E-state index contributed by atoms with van der Waals surface area (Å²) in [5, 5.41) is 6.75. The molecule has 4 rings (SSSR count). The maximum absolute atomic E-state index is 14.0. The van der Waals surface area contributed by atoms with Crippen LogP contribution in [0.1, 0.15) is 12.2 Å². The minimum absolute atomic E-state index is 0. The third-order valence-electron chi connectivity index (χ3n) is 5.09. The van der Waals surface area contributed by atoms with E-state index in [1.54, 1.807) is 19.3 Å². The normalized spacial score (nSPS) is 16.7. The number of guanidine groups is 1. The summed E-state index contributed by atoms with van der Waals surface area (Å²) < 4.78 is 16.0. The van der Waals surface area contributed by atoms with Gasteiger partial charge >= 0.3 is 0 Å². The van der Waals surface area contributed by atoms with Crippen LogP contribution in [0.2, 0.25) is 0 Å². The molecule has 0 saturated carbocycles. The Morgan fingerprint density at radius 1 is 1.28 bits per heavy atom. The predicted molar refractivity (Wildman–Crippen MR) is 124 cm³/mol. The lowest BCUT2D eigenvalue weighted by atomic mass is 10.3. The molecule has 0 radical (unpaired) electrons. The summed E-state index contributed by atoms with van der Waals surface area (Å²) >= 11 is 0. The van der Waals surface area contributed by atoms with Gasteiger partial charge in [0, 0.05) is 39.4 Å². The SMILES string of the molecule is CN=C(NCc1nc2ccccc2n1C)NC1CCN(c2ncccc2F)C1.I. The van der Waals surface area contributed by atoms with Crippen LogP contribution in [0.25, 0.3) is 11.0 Å². The van der Waals surface area contributed by atoms with Gasteiger partial charge in [-0.25, -0.2) is 14.4 Å². The zero-order valence-electron chi connectivity index (χ0n) is 16.5. The molecule has 1 unspecified atom stereocenters. The average Bonchev–Trinajstić information content (AvgIpc) is 3.30. The van der Waals surface area contributed by atoms with Crippen LogP contribution in [-0.2, 0) is 13.6 Å². The van der Waals surface area contributed by atoms with E-state index in [0.29, 0.717) is 24.9 Å². The highest BCUT2D eigenvalue weighted by atomic mass is 127. The summed E-state index contributed by atoms with van der Waals surface area (Å²) in [6.45, 7) is 2.00. The maximum Gasteiger partial charge on any atom is 0.191 e. The first-order chi connectivity index (χ1) is 13.7. The van der Waals surface area contributed by atoms with E-state index >= 15 is 0 Å². The van der Waals surface area contributed by atoms with Gasteiger partial charge in [-0.2, -0.15) is 0 Å². The van der Waals surface area contributed by atoms with Crippen LogP contribution in [0.15, 0.2) is 47.6 Å². The molecule has 0 spiro atoms. The molecule has 0 amide bonds. The number of para-hydroxylation sites is 2. The van der Waals surface area contributed by atoms with Gasteiger partial charge in [-0.3, -0.25) is 4.99 Å². The Morgan fingerprint density at radius 3 is 2.86 bits per heavy atom. The Balaban J connectivity index is 0.00000240. The second kappa shape index (κ2) is 9.38. The smallest absolute Gasteiger partial charge is 0.191 e. The van der Waals surface area contributed by atoms with Crippen molar-refractivity contribution in [1.29, 1.82) is 0 Å². The van der Waals surface area contributed by atoms with E-state index in [1.807, 2.05) is 30.1 Å². The highest BCUT2D eigenvalue weighted by Crippen LogP contribution is 2.20. The van der Waals surface area contributed by atoms with Crippen molar-refractivity contribution in [3.8, 4) is 0 Å². The fourth-order valence-electron chi connectivity index (χ4n) is 3.58. The zero-order chi connectivity index (χ0) is 19.5. The van der Waals surface area contributed by atoms with Crippen LogP contribution < -0.4 is 15.5 Å². The van der Waals surface area contributed by atoms with Gasteiger partial charge < -0.3 is 20.1 Å². The number of pyridine rings is 1. The molecule has 2 aromatic heterocycles. The topological polar surface area (TPSA) is 70.4 Å². The number of rotatable bonds is 4. The highest BCUT2D eigenvalue weighted by Gasteiger charge is 2.26. The van der Waals surface area contributed by atoms with Crippen molar-refractivity contribution in [3.05, 3.63) is 54.2 Å². The van der Waals surface area contributed by atoms with E-state index in [4.69, 9.17) is 0 Å². The summed E-state index contributed by atoms with van der Waals surface area (Å²) in [4.78, 5) is 15.1. The van der Waals surface area contributed by atoms with Crippen molar-refractivity contribution >= 4 is 46.8 Å². The lowest BCUT2D eigenvalue weighted by Crippen LogP contribution is -2.44. The van der Waals surface area contributed by atoms with Crippen molar-refractivity contribution in [2.24, 2.45) is 12.0 Å².